The molecule has 1 aromatic rings. The zero-order chi connectivity index (χ0) is 30.5. The summed E-state index contributed by atoms with van der Waals surface area (Å²) in [6.45, 7) is 19.3. The lowest BCUT2D eigenvalue weighted by Crippen LogP contribution is -2.69. The molecule has 9 heteroatoms. The van der Waals surface area contributed by atoms with Gasteiger partial charge in [0.25, 0.3) is 0 Å². The molecular formula is C33H53N5O4. The van der Waals surface area contributed by atoms with Gasteiger partial charge < -0.3 is 20.3 Å². The van der Waals surface area contributed by atoms with E-state index in [1.807, 2.05) is 6.92 Å². The van der Waals surface area contributed by atoms with E-state index in [0.717, 1.165) is 38.5 Å². The molecule has 5 aliphatic rings. The number of hydrogen-bond donors (Lipinski definition) is 2. The maximum atomic E-state index is 13.3. The fourth-order valence-corrected chi connectivity index (χ4v) is 11.6. The summed E-state index contributed by atoms with van der Waals surface area (Å²) in [6, 6.07) is -0.113. The smallest absolute Gasteiger partial charge is 0.307 e. The zero-order valence-corrected chi connectivity index (χ0v) is 27.0. The van der Waals surface area contributed by atoms with Gasteiger partial charge in [0.05, 0.1) is 25.2 Å². The van der Waals surface area contributed by atoms with Crippen LogP contribution < -0.4 is 5.73 Å². The van der Waals surface area contributed by atoms with Gasteiger partial charge in [-0.2, -0.15) is 4.80 Å². The number of tetrazole rings is 1. The molecule has 1 unspecified atom stereocenters. The molecule has 2 heterocycles. The summed E-state index contributed by atoms with van der Waals surface area (Å²) >= 11 is 0. The molecule has 1 aromatic heterocycles. The van der Waals surface area contributed by atoms with Crippen LogP contribution in [0.25, 0.3) is 0 Å². The lowest BCUT2D eigenvalue weighted by atomic mass is 9.34. The van der Waals surface area contributed by atoms with E-state index in [1.165, 1.54) is 11.9 Å². The molecule has 2 bridgehead atoms. The number of nitrogens with zero attached hydrogens (tertiary/aromatic N) is 4. The van der Waals surface area contributed by atoms with Crippen LogP contribution in [0.1, 0.15) is 100.0 Å². The first-order chi connectivity index (χ1) is 19.7. The van der Waals surface area contributed by atoms with Crippen molar-refractivity contribution in [1.82, 2.24) is 20.2 Å². The highest BCUT2D eigenvalue weighted by Crippen LogP contribution is 2.75. The Labute approximate surface area is 251 Å². The van der Waals surface area contributed by atoms with Crippen LogP contribution in [0.3, 0.4) is 0 Å². The highest BCUT2D eigenvalue weighted by molar-refractivity contribution is 5.73. The molecular weight excluding hydrogens is 530 g/mol. The fraction of sp³-hybridized carbons (Fsp3) is 0.879. The van der Waals surface area contributed by atoms with Crippen LogP contribution in [0.5, 0.6) is 0 Å². The number of allylic oxidation sites excluding steroid dienone is 1. The van der Waals surface area contributed by atoms with Crippen molar-refractivity contribution >= 4 is 5.97 Å². The van der Waals surface area contributed by atoms with Crippen molar-refractivity contribution in [1.29, 1.82) is 0 Å². The fourth-order valence-electron chi connectivity index (χ4n) is 11.6. The van der Waals surface area contributed by atoms with Crippen LogP contribution in [-0.4, -0.2) is 56.8 Å². The van der Waals surface area contributed by atoms with Crippen LogP contribution in [0.15, 0.2) is 18.0 Å². The van der Waals surface area contributed by atoms with Crippen molar-refractivity contribution in [2.45, 2.75) is 112 Å². The summed E-state index contributed by atoms with van der Waals surface area (Å²) in [7, 11) is 0. The van der Waals surface area contributed by atoms with Crippen molar-refractivity contribution in [3.05, 3.63) is 18.0 Å². The molecule has 42 heavy (non-hydrogen) atoms. The van der Waals surface area contributed by atoms with Crippen LogP contribution >= 0.6 is 0 Å². The van der Waals surface area contributed by atoms with Gasteiger partial charge in [0.1, 0.15) is 12.3 Å². The van der Waals surface area contributed by atoms with E-state index in [9.17, 15) is 9.90 Å². The lowest BCUT2D eigenvalue weighted by molar-refractivity contribution is -0.257. The molecule has 0 radical (unpaired) electrons. The third kappa shape index (κ3) is 3.84. The minimum Gasteiger partial charge on any atom is -0.481 e. The standard InChI is InChI=1S/C33H53N5O4/c1-19(2)20(3)29(5)13-14-31(7)22-9-10-25-30(6)16-41-17-33(25,23(22)11-12-32(31,8)26(29)28(39)40)15-24(27(30)42-21(4)34)38-36-18-35-37-38/h11,18-22,24-27H,9-10,12-17,34H2,1-8H3,(H,39,40)/t20-,21?,22+,24-,25+,26-,27+,29-,30-,31-,32+,33+/m1/s1. The molecule has 12 atom stereocenters. The van der Waals surface area contributed by atoms with E-state index in [1.54, 1.807) is 4.80 Å². The molecule has 3 saturated carbocycles. The number of carboxylic acids is 1. The number of rotatable bonds is 6. The van der Waals surface area contributed by atoms with Gasteiger partial charge in [0.15, 0.2) is 6.33 Å². The summed E-state index contributed by atoms with van der Waals surface area (Å²) < 4.78 is 13.1. The van der Waals surface area contributed by atoms with Gasteiger partial charge in [-0.05, 0) is 90.6 Å². The second-order valence-corrected chi connectivity index (χ2v) is 16.1. The molecule has 0 aromatic carbocycles. The highest BCUT2D eigenvalue weighted by Gasteiger charge is 2.72. The van der Waals surface area contributed by atoms with E-state index < -0.39 is 18.1 Å². The van der Waals surface area contributed by atoms with E-state index in [4.69, 9.17) is 15.2 Å². The number of ether oxygens (including phenoxy) is 2. The van der Waals surface area contributed by atoms with Gasteiger partial charge in [0, 0.05) is 10.8 Å². The van der Waals surface area contributed by atoms with Gasteiger partial charge in [-0.3, -0.25) is 4.79 Å². The molecule has 6 rings (SSSR count). The lowest BCUT2D eigenvalue weighted by Gasteiger charge is -2.71. The quantitative estimate of drug-likeness (QED) is 0.333. The van der Waals surface area contributed by atoms with E-state index in [0.29, 0.717) is 36.9 Å². The topological polar surface area (TPSA) is 125 Å². The molecule has 4 aliphatic carbocycles. The first-order valence-corrected chi connectivity index (χ1v) is 16.3. The number of aromatic nitrogens is 4. The Morgan fingerprint density at radius 3 is 2.48 bits per heavy atom. The van der Waals surface area contributed by atoms with Crippen molar-refractivity contribution < 1.29 is 19.4 Å². The zero-order valence-electron chi connectivity index (χ0n) is 27.0. The summed E-state index contributed by atoms with van der Waals surface area (Å²) in [4.78, 5) is 15.1. The summed E-state index contributed by atoms with van der Waals surface area (Å²) in [5.41, 5.74) is 6.60. The second-order valence-electron chi connectivity index (χ2n) is 16.1. The predicted molar refractivity (Wildman–Crippen MR) is 159 cm³/mol. The van der Waals surface area contributed by atoms with Crippen molar-refractivity contribution in [3.63, 3.8) is 0 Å². The number of fused-ring (bicyclic) bond motifs is 3. The Bertz CT molecular complexity index is 1230. The van der Waals surface area contributed by atoms with Crippen molar-refractivity contribution in [2.24, 2.45) is 62.4 Å². The second kappa shape index (κ2) is 9.83. The minimum absolute atomic E-state index is 0.113. The van der Waals surface area contributed by atoms with Gasteiger partial charge in [-0.15, -0.1) is 10.2 Å². The molecule has 0 amide bonds. The average molecular weight is 584 g/mol. The normalized spacial score (nSPS) is 48.0. The average Bonchev–Trinajstić information content (AvgIpc) is 3.45. The Morgan fingerprint density at radius 2 is 1.86 bits per heavy atom. The largest absolute Gasteiger partial charge is 0.481 e. The number of hydrogen-bond acceptors (Lipinski definition) is 7. The van der Waals surface area contributed by atoms with Gasteiger partial charge in [0.2, 0.25) is 0 Å². The van der Waals surface area contributed by atoms with Crippen LogP contribution in [0.2, 0.25) is 0 Å². The Morgan fingerprint density at radius 1 is 1.12 bits per heavy atom. The van der Waals surface area contributed by atoms with Crippen molar-refractivity contribution in [2.75, 3.05) is 13.2 Å². The van der Waals surface area contributed by atoms with E-state index in [-0.39, 0.29) is 39.2 Å². The van der Waals surface area contributed by atoms with Gasteiger partial charge in [-0.1, -0.05) is 60.1 Å². The maximum Gasteiger partial charge on any atom is 0.307 e. The summed E-state index contributed by atoms with van der Waals surface area (Å²) in [6.07, 6.45) is 9.08. The molecule has 9 nitrogen and oxygen atoms in total. The molecule has 234 valence electrons. The molecule has 1 aliphatic heterocycles. The molecule has 3 N–H and O–H groups in total. The first kappa shape index (κ1) is 30.2. The van der Waals surface area contributed by atoms with Crippen LogP contribution in [-0.2, 0) is 14.3 Å². The third-order valence-corrected chi connectivity index (χ3v) is 14.1. The number of aliphatic carboxylic acids is 1. The molecule has 0 spiro atoms. The predicted octanol–water partition coefficient (Wildman–Crippen LogP) is 5.49. The SMILES string of the molecule is CC(N)O[C@H]1[C@H](n2ncnn2)C[C@@]23COC[C@]1(C)[C@@H]2CC[C@H]1C3=CC[C@@]2(C)[C@H](C(=O)O)[C@@](C)([C@H](C)C(C)C)CC[C@]12C. The first-order valence-electron chi connectivity index (χ1n) is 16.3. The summed E-state index contributed by atoms with van der Waals surface area (Å²) in [5.74, 6) is 0.424. The van der Waals surface area contributed by atoms with Gasteiger partial charge >= 0.3 is 5.97 Å². The van der Waals surface area contributed by atoms with E-state index >= 15 is 0 Å². The monoisotopic (exact) mass is 583 g/mol. The van der Waals surface area contributed by atoms with E-state index in [2.05, 4.69) is 70.0 Å². The van der Waals surface area contributed by atoms with Gasteiger partial charge in [-0.25, -0.2) is 0 Å². The maximum absolute atomic E-state index is 13.3. The Kier molecular flexibility index (Phi) is 7.07. The Hall–Kier alpha value is -1.84. The molecule has 4 fully saturated rings. The number of carboxylic acid groups (broad SMARTS) is 1. The van der Waals surface area contributed by atoms with Crippen LogP contribution in [0.4, 0.5) is 0 Å². The Balaban J connectivity index is 1.47. The number of carbonyl (C=O) groups is 1. The third-order valence-electron chi connectivity index (χ3n) is 14.1. The van der Waals surface area contributed by atoms with Crippen LogP contribution in [0, 0.1) is 56.7 Å². The minimum atomic E-state index is -0.624. The molecule has 1 saturated heterocycles. The van der Waals surface area contributed by atoms with Crippen molar-refractivity contribution in [3.8, 4) is 0 Å². The number of nitrogens with two attached hydrogens (primary N) is 1. The summed E-state index contributed by atoms with van der Waals surface area (Å²) in [5, 5.41) is 23.9. The highest BCUT2D eigenvalue weighted by atomic mass is 16.5.